The molecule has 2 unspecified atom stereocenters. The van der Waals surface area contributed by atoms with E-state index in [2.05, 4.69) is 5.32 Å². The molecule has 1 aliphatic rings. The molecule has 2 amide bonds. The molecule has 0 spiro atoms. The number of carbonyl (C=O) groups is 2. The Morgan fingerprint density at radius 2 is 2.10 bits per heavy atom. The number of anilines is 1. The number of hydrogen-bond donors (Lipinski definition) is 2. The van der Waals surface area contributed by atoms with E-state index in [-0.39, 0.29) is 12.6 Å². The second-order valence-electron chi connectivity index (χ2n) is 5.35. The van der Waals surface area contributed by atoms with Crippen LogP contribution < -0.4 is 5.32 Å². The Morgan fingerprint density at radius 3 is 2.71 bits per heavy atom. The number of nitrogens with one attached hydrogen (secondary N) is 1. The van der Waals surface area contributed by atoms with Crippen LogP contribution in [0.15, 0.2) is 18.2 Å². The Kier molecular flexibility index (Phi) is 4.47. The summed E-state index contributed by atoms with van der Waals surface area (Å²) in [6.45, 7) is 4.11. The molecular formula is C15H20N2O4. The lowest BCUT2D eigenvalue weighted by molar-refractivity contribution is -0.141. The van der Waals surface area contributed by atoms with Gasteiger partial charge in [0.25, 0.3) is 0 Å². The monoisotopic (exact) mass is 292 g/mol. The van der Waals surface area contributed by atoms with Crippen molar-refractivity contribution in [1.29, 1.82) is 0 Å². The summed E-state index contributed by atoms with van der Waals surface area (Å²) in [7, 11) is 1.52. The van der Waals surface area contributed by atoms with Gasteiger partial charge in [0.1, 0.15) is 6.04 Å². The minimum atomic E-state index is -1.01. The van der Waals surface area contributed by atoms with E-state index in [0.717, 1.165) is 11.1 Å². The standard InChI is InChI=1S/C15H20N2O4/c1-9-4-5-10(2)12(6-9)16-15(20)17-8-11(21-3)7-13(17)14(18)19/h4-6,11,13H,7-8H2,1-3H3,(H,16,20)(H,18,19). The summed E-state index contributed by atoms with van der Waals surface area (Å²) >= 11 is 0. The van der Waals surface area contributed by atoms with Crippen LogP contribution in [0.5, 0.6) is 0 Å². The lowest BCUT2D eigenvalue weighted by atomic mass is 10.1. The van der Waals surface area contributed by atoms with Crippen LogP contribution in [0, 0.1) is 13.8 Å². The van der Waals surface area contributed by atoms with Crippen LogP contribution in [0.4, 0.5) is 10.5 Å². The van der Waals surface area contributed by atoms with Crippen LogP contribution in [-0.2, 0) is 9.53 Å². The van der Waals surface area contributed by atoms with E-state index in [4.69, 9.17) is 4.74 Å². The van der Waals surface area contributed by atoms with Crippen molar-refractivity contribution < 1.29 is 19.4 Å². The van der Waals surface area contributed by atoms with Crippen molar-refractivity contribution in [2.75, 3.05) is 19.0 Å². The number of carboxylic acid groups (broad SMARTS) is 1. The van der Waals surface area contributed by atoms with E-state index in [1.807, 2.05) is 32.0 Å². The van der Waals surface area contributed by atoms with Crippen LogP contribution in [0.2, 0.25) is 0 Å². The molecule has 1 fully saturated rings. The van der Waals surface area contributed by atoms with Gasteiger partial charge in [-0.1, -0.05) is 12.1 Å². The Labute approximate surface area is 123 Å². The van der Waals surface area contributed by atoms with Gasteiger partial charge in [-0.05, 0) is 31.0 Å². The highest BCUT2D eigenvalue weighted by molar-refractivity contribution is 5.93. The van der Waals surface area contributed by atoms with Gasteiger partial charge in [0.05, 0.1) is 6.10 Å². The summed E-state index contributed by atoms with van der Waals surface area (Å²) in [5, 5.41) is 12.0. The number of ether oxygens (including phenoxy) is 1. The van der Waals surface area contributed by atoms with Gasteiger partial charge in [-0.15, -0.1) is 0 Å². The number of hydrogen-bond acceptors (Lipinski definition) is 3. The maximum Gasteiger partial charge on any atom is 0.326 e. The zero-order valence-electron chi connectivity index (χ0n) is 12.4. The quantitative estimate of drug-likeness (QED) is 0.893. The van der Waals surface area contributed by atoms with E-state index in [1.54, 1.807) is 0 Å². The molecule has 1 heterocycles. The fourth-order valence-electron chi connectivity index (χ4n) is 2.48. The number of nitrogens with zero attached hydrogens (tertiary/aromatic N) is 1. The highest BCUT2D eigenvalue weighted by atomic mass is 16.5. The number of carboxylic acids is 1. The minimum Gasteiger partial charge on any atom is -0.480 e. The molecule has 0 aliphatic carbocycles. The number of likely N-dealkylation sites (tertiary alicyclic amines) is 1. The molecule has 0 bridgehead atoms. The zero-order chi connectivity index (χ0) is 15.6. The number of aryl methyl sites for hydroxylation is 2. The van der Waals surface area contributed by atoms with E-state index >= 15 is 0 Å². The van der Waals surface area contributed by atoms with E-state index < -0.39 is 18.0 Å². The summed E-state index contributed by atoms with van der Waals surface area (Å²) in [5.74, 6) is -1.01. The molecule has 114 valence electrons. The smallest absolute Gasteiger partial charge is 0.326 e. The van der Waals surface area contributed by atoms with Gasteiger partial charge in [0.2, 0.25) is 0 Å². The maximum absolute atomic E-state index is 12.4. The third kappa shape index (κ3) is 3.33. The van der Waals surface area contributed by atoms with Crippen LogP contribution in [-0.4, -0.2) is 47.8 Å². The third-order valence-corrected chi connectivity index (χ3v) is 3.78. The molecule has 1 aromatic rings. The van der Waals surface area contributed by atoms with Crippen molar-refractivity contribution in [2.45, 2.75) is 32.4 Å². The molecular weight excluding hydrogens is 272 g/mol. The van der Waals surface area contributed by atoms with Crippen molar-refractivity contribution in [3.8, 4) is 0 Å². The van der Waals surface area contributed by atoms with E-state index in [1.165, 1.54) is 12.0 Å². The predicted molar refractivity (Wildman–Crippen MR) is 78.5 cm³/mol. The number of benzene rings is 1. The Hall–Kier alpha value is -2.08. The summed E-state index contributed by atoms with van der Waals surface area (Å²) in [5.41, 5.74) is 2.66. The number of methoxy groups -OCH3 is 1. The SMILES string of the molecule is COC1CC(C(=O)O)N(C(=O)Nc2cc(C)ccc2C)C1. The van der Waals surface area contributed by atoms with Gasteiger partial charge in [0, 0.05) is 25.8 Å². The third-order valence-electron chi connectivity index (χ3n) is 3.78. The maximum atomic E-state index is 12.4. The van der Waals surface area contributed by atoms with Crippen LogP contribution in [0.25, 0.3) is 0 Å². The van der Waals surface area contributed by atoms with Gasteiger partial charge in [0.15, 0.2) is 0 Å². The lowest BCUT2D eigenvalue weighted by Crippen LogP contribution is -2.43. The van der Waals surface area contributed by atoms with Gasteiger partial charge < -0.3 is 20.1 Å². The minimum absolute atomic E-state index is 0.240. The summed E-state index contributed by atoms with van der Waals surface area (Å²) in [6, 6.07) is 4.49. The van der Waals surface area contributed by atoms with Crippen LogP contribution in [0.1, 0.15) is 17.5 Å². The molecule has 6 heteroatoms. The first-order valence-electron chi connectivity index (χ1n) is 6.83. The van der Waals surface area contributed by atoms with Crippen molar-refractivity contribution in [2.24, 2.45) is 0 Å². The van der Waals surface area contributed by atoms with Crippen molar-refractivity contribution in [1.82, 2.24) is 4.90 Å². The highest BCUT2D eigenvalue weighted by Crippen LogP contribution is 2.23. The first-order chi connectivity index (χ1) is 9.92. The molecule has 0 aromatic heterocycles. The summed E-state index contributed by atoms with van der Waals surface area (Å²) < 4.78 is 5.18. The van der Waals surface area contributed by atoms with Crippen LogP contribution in [0.3, 0.4) is 0 Å². The molecule has 1 aliphatic heterocycles. The van der Waals surface area contributed by atoms with Crippen molar-refractivity contribution in [3.63, 3.8) is 0 Å². The van der Waals surface area contributed by atoms with Gasteiger partial charge >= 0.3 is 12.0 Å². The van der Waals surface area contributed by atoms with Gasteiger partial charge in [-0.25, -0.2) is 9.59 Å². The van der Waals surface area contributed by atoms with Crippen LogP contribution >= 0.6 is 0 Å². The average Bonchev–Trinajstić information content (AvgIpc) is 2.87. The first-order valence-corrected chi connectivity index (χ1v) is 6.83. The lowest BCUT2D eigenvalue weighted by Gasteiger charge is -2.22. The molecule has 2 atom stereocenters. The summed E-state index contributed by atoms with van der Waals surface area (Å²) in [6.07, 6.45) is 0.0712. The number of urea groups is 1. The topological polar surface area (TPSA) is 78.9 Å². The van der Waals surface area contributed by atoms with E-state index in [9.17, 15) is 14.7 Å². The number of amides is 2. The number of rotatable bonds is 3. The van der Waals surface area contributed by atoms with E-state index in [0.29, 0.717) is 12.1 Å². The van der Waals surface area contributed by atoms with Gasteiger partial charge in [-0.2, -0.15) is 0 Å². The first kappa shape index (κ1) is 15.3. The Morgan fingerprint density at radius 1 is 1.38 bits per heavy atom. The molecule has 21 heavy (non-hydrogen) atoms. The molecule has 0 radical (unpaired) electrons. The molecule has 2 N–H and O–H groups in total. The predicted octanol–water partition coefficient (Wildman–Crippen LogP) is 2.01. The molecule has 1 aromatic carbocycles. The highest BCUT2D eigenvalue weighted by Gasteiger charge is 2.39. The zero-order valence-corrected chi connectivity index (χ0v) is 12.4. The molecule has 1 saturated heterocycles. The normalized spacial score (nSPS) is 21.4. The number of carbonyl (C=O) groups excluding carboxylic acids is 1. The second kappa shape index (κ2) is 6.13. The van der Waals surface area contributed by atoms with Crippen molar-refractivity contribution >= 4 is 17.7 Å². The fraction of sp³-hybridized carbons (Fsp3) is 0.467. The molecule has 0 saturated carbocycles. The number of aliphatic carboxylic acids is 1. The molecule has 6 nitrogen and oxygen atoms in total. The second-order valence-corrected chi connectivity index (χ2v) is 5.35. The van der Waals surface area contributed by atoms with Gasteiger partial charge in [-0.3, -0.25) is 0 Å². The Balaban J connectivity index is 2.15. The fourth-order valence-corrected chi connectivity index (χ4v) is 2.48. The molecule has 2 rings (SSSR count). The summed E-state index contributed by atoms with van der Waals surface area (Å²) in [4.78, 5) is 24.9. The largest absolute Gasteiger partial charge is 0.480 e. The Bertz CT molecular complexity index is 559. The van der Waals surface area contributed by atoms with Crippen molar-refractivity contribution in [3.05, 3.63) is 29.3 Å². The average molecular weight is 292 g/mol.